The van der Waals surface area contributed by atoms with Gasteiger partial charge in [0.15, 0.2) is 5.16 Å². The Balaban J connectivity index is 2.05. The highest BCUT2D eigenvalue weighted by Gasteiger charge is 2.44. The van der Waals surface area contributed by atoms with E-state index in [1.54, 1.807) is 16.3 Å². The van der Waals surface area contributed by atoms with Crippen LogP contribution in [0.4, 0.5) is 0 Å². The Morgan fingerprint density at radius 3 is 2.74 bits per heavy atom. The SMILES string of the molecule is CCSc1nc2c(c(=O)n1C)C1(CCCC1)Cc1ccccc1-2. The first-order valence-electron chi connectivity index (χ1n) is 8.49. The van der Waals surface area contributed by atoms with Crippen LogP contribution in [0.25, 0.3) is 11.3 Å². The molecule has 1 heterocycles. The van der Waals surface area contributed by atoms with Crippen molar-refractivity contribution in [1.29, 1.82) is 0 Å². The van der Waals surface area contributed by atoms with Crippen molar-refractivity contribution in [3.63, 3.8) is 0 Å². The number of fused-ring (bicyclic) bond motifs is 4. The molecule has 4 rings (SSSR count). The van der Waals surface area contributed by atoms with Crippen molar-refractivity contribution in [2.45, 2.75) is 49.6 Å². The van der Waals surface area contributed by atoms with Crippen LogP contribution in [0.5, 0.6) is 0 Å². The molecule has 0 radical (unpaired) electrons. The fraction of sp³-hybridized carbons (Fsp3) is 0.474. The number of hydrogen-bond acceptors (Lipinski definition) is 3. The molecular weight excluding hydrogens is 304 g/mol. The van der Waals surface area contributed by atoms with E-state index in [1.165, 1.54) is 18.4 Å². The lowest BCUT2D eigenvalue weighted by molar-refractivity contribution is 0.419. The van der Waals surface area contributed by atoms with Crippen LogP contribution in [0, 0.1) is 0 Å². The van der Waals surface area contributed by atoms with Crippen LogP contribution in [0.3, 0.4) is 0 Å². The highest BCUT2D eigenvalue weighted by molar-refractivity contribution is 7.99. The van der Waals surface area contributed by atoms with Crippen LogP contribution in [-0.2, 0) is 18.9 Å². The van der Waals surface area contributed by atoms with Gasteiger partial charge in [0.25, 0.3) is 5.56 Å². The number of hydrogen-bond donors (Lipinski definition) is 0. The van der Waals surface area contributed by atoms with Gasteiger partial charge in [0.05, 0.1) is 11.3 Å². The van der Waals surface area contributed by atoms with E-state index >= 15 is 0 Å². The van der Waals surface area contributed by atoms with Crippen LogP contribution < -0.4 is 5.56 Å². The second-order valence-electron chi connectivity index (χ2n) is 6.74. The molecule has 1 spiro atoms. The van der Waals surface area contributed by atoms with Crippen molar-refractivity contribution < 1.29 is 0 Å². The van der Waals surface area contributed by atoms with Gasteiger partial charge in [0.1, 0.15) is 0 Å². The fourth-order valence-corrected chi connectivity index (χ4v) is 5.04. The summed E-state index contributed by atoms with van der Waals surface area (Å²) in [5.74, 6) is 0.922. The minimum absolute atomic E-state index is 0.0148. The molecule has 120 valence electrons. The average molecular weight is 326 g/mol. The Kier molecular flexibility index (Phi) is 3.60. The molecule has 1 saturated carbocycles. The van der Waals surface area contributed by atoms with Crippen LogP contribution in [-0.4, -0.2) is 15.3 Å². The second-order valence-corrected chi connectivity index (χ2v) is 7.97. The molecule has 0 amide bonds. The Labute approximate surface area is 141 Å². The van der Waals surface area contributed by atoms with Crippen molar-refractivity contribution in [2.75, 3.05) is 5.75 Å². The third-order valence-electron chi connectivity index (χ3n) is 5.42. The number of benzene rings is 1. The summed E-state index contributed by atoms with van der Waals surface area (Å²) in [6.07, 6.45) is 5.66. The van der Waals surface area contributed by atoms with Crippen LogP contribution in [0.1, 0.15) is 43.7 Å². The van der Waals surface area contributed by atoms with E-state index in [9.17, 15) is 4.79 Å². The first-order chi connectivity index (χ1) is 11.2. The Morgan fingerprint density at radius 1 is 1.26 bits per heavy atom. The lowest BCUT2D eigenvalue weighted by Gasteiger charge is -2.36. The van der Waals surface area contributed by atoms with E-state index in [4.69, 9.17) is 4.98 Å². The van der Waals surface area contributed by atoms with Crippen LogP contribution in [0.15, 0.2) is 34.2 Å². The summed E-state index contributed by atoms with van der Waals surface area (Å²) in [5.41, 5.74) is 4.64. The normalized spacial score (nSPS) is 18.0. The predicted octanol–water partition coefficient (Wildman–Crippen LogP) is 3.93. The highest BCUT2D eigenvalue weighted by Crippen LogP contribution is 2.49. The number of rotatable bonds is 2. The number of aromatic nitrogens is 2. The molecule has 0 N–H and O–H groups in total. The van der Waals surface area contributed by atoms with E-state index in [-0.39, 0.29) is 11.0 Å². The Hall–Kier alpha value is -1.55. The monoisotopic (exact) mass is 326 g/mol. The standard InChI is InChI=1S/C19H22N2OS/c1-3-23-18-20-16-14-9-5-4-8-13(14)12-19(10-6-7-11-19)15(16)17(22)21(18)2/h4-5,8-9H,3,6-7,10-12H2,1-2H3. The van der Waals surface area contributed by atoms with Gasteiger partial charge in [-0.15, -0.1) is 0 Å². The summed E-state index contributed by atoms with van der Waals surface area (Å²) in [6.45, 7) is 2.10. The maximum absolute atomic E-state index is 13.2. The van der Waals surface area contributed by atoms with Gasteiger partial charge >= 0.3 is 0 Å². The van der Waals surface area contributed by atoms with Gasteiger partial charge < -0.3 is 0 Å². The van der Waals surface area contributed by atoms with E-state index in [1.807, 2.05) is 7.05 Å². The lowest BCUT2D eigenvalue weighted by Crippen LogP contribution is -2.39. The fourth-order valence-electron chi connectivity index (χ4n) is 4.35. The van der Waals surface area contributed by atoms with Crippen molar-refractivity contribution in [1.82, 2.24) is 9.55 Å². The quantitative estimate of drug-likeness (QED) is 0.619. The van der Waals surface area contributed by atoms with Crippen LogP contribution in [0.2, 0.25) is 0 Å². The summed E-state index contributed by atoms with van der Waals surface area (Å²) >= 11 is 1.65. The minimum atomic E-state index is 0.0148. The van der Waals surface area contributed by atoms with E-state index < -0.39 is 0 Å². The summed E-state index contributed by atoms with van der Waals surface area (Å²) in [6, 6.07) is 8.50. The molecule has 0 atom stereocenters. The van der Waals surface area contributed by atoms with Crippen molar-refractivity contribution in [3.05, 3.63) is 45.7 Å². The molecule has 4 heteroatoms. The molecule has 1 aromatic heterocycles. The zero-order valence-electron chi connectivity index (χ0n) is 13.8. The zero-order chi connectivity index (χ0) is 16.0. The molecule has 3 nitrogen and oxygen atoms in total. The zero-order valence-corrected chi connectivity index (χ0v) is 14.6. The third-order valence-corrected chi connectivity index (χ3v) is 6.33. The van der Waals surface area contributed by atoms with Gasteiger partial charge in [-0.3, -0.25) is 9.36 Å². The molecule has 0 bridgehead atoms. The molecule has 1 aromatic carbocycles. The molecule has 2 aromatic rings. The Bertz CT molecular complexity index is 819. The highest BCUT2D eigenvalue weighted by atomic mass is 32.2. The van der Waals surface area contributed by atoms with Gasteiger partial charge in [-0.25, -0.2) is 4.98 Å². The molecule has 2 aliphatic rings. The van der Waals surface area contributed by atoms with Crippen molar-refractivity contribution >= 4 is 11.8 Å². The topological polar surface area (TPSA) is 34.9 Å². The first kappa shape index (κ1) is 15.0. The summed E-state index contributed by atoms with van der Waals surface area (Å²) in [7, 11) is 1.87. The minimum Gasteiger partial charge on any atom is -0.290 e. The van der Waals surface area contributed by atoms with Gasteiger partial charge in [-0.2, -0.15) is 0 Å². The van der Waals surface area contributed by atoms with Crippen LogP contribution >= 0.6 is 11.8 Å². The third kappa shape index (κ3) is 2.18. The predicted molar refractivity (Wildman–Crippen MR) is 95.2 cm³/mol. The number of nitrogens with zero attached hydrogens (tertiary/aromatic N) is 2. The molecule has 2 aliphatic carbocycles. The molecular formula is C19H22N2OS. The van der Waals surface area contributed by atoms with Crippen molar-refractivity contribution in [2.24, 2.45) is 7.05 Å². The maximum Gasteiger partial charge on any atom is 0.258 e. The van der Waals surface area contributed by atoms with Gasteiger partial charge in [0, 0.05) is 18.0 Å². The average Bonchev–Trinajstić information content (AvgIpc) is 3.01. The van der Waals surface area contributed by atoms with Crippen molar-refractivity contribution in [3.8, 4) is 11.3 Å². The summed E-state index contributed by atoms with van der Waals surface area (Å²) in [4.78, 5) is 18.1. The smallest absolute Gasteiger partial charge is 0.258 e. The van der Waals surface area contributed by atoms with Gasteiger partial charge in [-0.05, 0) is 30.6 Å². The molecule has 0 unspecified atom stereocenters. The summed E-state index contributed by atoms with van der Waals surface area (Å²) in [5, 5.41) is 0.834. The maximum atomic E-state index is 13.2. The van der Waals surface area contributed by atoms with E-state index in [0.717, 1.165) is 47.0 Å². The van der Waals surface area contributed by atoms with Gasteiger partial charge in [-0.1, -0.05) is 55.8 Å². The molecule has 23 heavy (non-hydrogen) atoms. The van der Waals surface area contributed by atoms with Gasteiger partial charge in [0.2, 0.25) is 0 Å². The lowest BCUT2D eigenvalue weighted by atomic mass is 9.68. The van der Waals surface area contributed by atoms with E-state index in [0.29, 0.717) is 0 Å². The largest absolute Gasteiger partial charge is 0.290 e. The second kappa shape index (κ2) is 5.52. The molecule has 1 fully saturated rings. The first-order valence-corrected chi connectivity index (χ1v) is 9.47. The molecule has 0 saturated heterocycles. The Morgan fingerprint density at radius 2 is 2.00 bits per heavy atom. The van der Waals surface area contributed by atoms with E-state index in [2.05, 4.69) is 31.2 Å². The summed E-state index contributed by atoms with van der Waals surface area (Å²) < 4.78 is 1.76. The molecule has 0 aliphatic heterocycles. The number of thioether (sulfide) groups is 1.